The molecule has 3 rings (SSSR count). The topological polar surface area (TPSA) is 63.2 Å². The summed E-state index contributed by atoms with van der Waals surface area (Å²) in [6.45, 7) is 0. The molecule has 0 saturated carbocycles. The minimum Gasteiger partial charge on any atom is -0.345 e. The Balaban J connectivity index is 1.90. The third kappa shape index (κ3) is 3.09. The van der Waals surface area contributed by atoms with Crippen LogP contribution in [0.2, 0.25) is 5.02 Å². The molecule has 1 aliphatic rings. The van der Waals surface area contributed by atoms with Crippen LogP contribution in [0.1, 0.15) is 28.4 Å². The van der Waals surface area contributed by atoms with Crippen LogP contribution in [0.3, 0.4) is 0 Å². The summed E-state index contributed by atoms with van der Waals surface area (Å²) in [6, 6.07) is 9.85. The zero-order valence-corrected chi connectivity index (χ0v) is 13.5. The van der Waals surface area contributed by atoms with Gasteiger partial charge < -0.3 is 5.32 Å². The van der Waals surface area contributed by atoms with Crippen LogP contribution in [0.25, 0.3) is 0 Å². The summed E-state index contributed by atoms with van der Waals surface area (Å²) in [5.74, 6) is -1.37. The molecular formula is C16H13ClFNO3S. The van der Waals surface area contributed by atoms with E-state index in [-0.39, 0.29) is 27.7 Å². The number of fused-ring (bicyclic) bond motifs is 1. The van der Waals surface area contributed by atoms with Gasteiger partial charge in [0.15, 0.2) is 9.84 Å². The molecule has 0 bridgehead atoms. The van der Waals surface area contributed by atoms with Crippen LogP contribution in [0.5, 0.6) is 0 Å². The lowest BCUT2D eigenvalue weighted by molar-refractivity contribution is 0.0930. The number of carbonyl (C=O) groups excluding carboxylic acids is 1. The molecule has 0 aliphatic carbocycles. The molecule has 23 heavy (non-hydrogen) atoms. The van der Waals surface area contributed by atoms with Crippen LogP contribution in [0, 0.1) is 5.82 Å². The van der Waals surface area contributed by atoms with E-state index < -0.39 is 27.6 Å². The molecule has 2 aromatic carbocycles. The molecule has 1 atom stereocenters. The van der Waals surface area contributed by atoms with E-state index in [2.05, 4.69) is 5.32 Å². The van der Waals surface area contributed by atoms with Gasteiger partial charge in [-0.2, -0.15) is 0 Å². The number of hydrogen-bond donors (Lipinski definition) is 1. The minimum absolute atomic E-state index is 0.0575. The van der Waals surface area contributed by atoms with Crippen molar-refractivity contribution in [2.24, 2.45) is 0 Å². The third-order valence-electron chi connectivity index (χ3n) is 3.79. The largest absolute Gasteiger partial charge is 0.345 e. The molecule has 1 unspecified atom stereocenters. The van der Waals surface area contributed by atoms with E-state index in [1.54, 1.807) is 18.2 Å². The highest BCUT2D eigenvalue weighted by Crippen LogP contribution is 2.32. The fraction of sp³-hybridized carbons (Fsp3) is 0.188. The average molecular weight is 354 g/mol. The highest BCUT2D eigenvalue weighted by Gasteiger charge is 2.31. The maximum Gasteiger partial charge on any atom is 0.254 e. The van der Waals surface area contributed by atoms with Crippen LogP contribution < -0.4 is 5.32 Å². The van der Waals surface area contributed by atoms with Gasteiger partial charge in [0, 0.05) is 5.02 Å². The van der Waals surface area contributed by atoms with E-state index in [0.717, 1.165) is 6.07 Å². The summed E-state index contributed by atoms with van der Waals surface area (Å²) in [6.07, 6.45) is 0.250. The number of carbonyl (C=O) groups is 1. The molecule has 0 aromatic heterocycles. The van der Waals surface area contributed by atoms with E-state index in [1.165, 1.54) is 18.2 Å². The van der Waals surface area contributed by atoms with Crippen molar-refractivity contribution in [3.05, 3.63) is 64.4 Å². The fourth-order valence-electron chi connectivity index (χ4n) is 2.65. The molecule has 0 radical (unpaired) electrons. The van der Waals surface area contributed by atoms with Gasteiger partial charge >= 0.3 is 0 Å². The van der Waals surface area contributed by atoms with E-state index >= 15 is 0 Å². The first-order valence-corrected chi connectivity index (χ1v) is 8.99. The van der Waals surface area contributed by atoms with Gasteiger partial charge in [-0.3, -0.25) is 4.79 Å². The standard InChI is InChI=1S/C16H13ClFNO3S/c17-10-5-6-11(13(18)9-10)16(20)19-14-7-8-23(21,22)15-4-2-1-3-12(14)15/h1-6,9,14H,7-8H2,(H,19,20). The van der Waals surface area contributed by atoms with Gasteiger partial charge in [-0.15, -0.1) is 0 Å². The lowest BCUT2D eigenvalue weighted by Crippen LogP contribution is -2.34. The Hall–Kier alpha value is -1.92. The first-order valence-electron chi connectivity index (χ1n) is 6.96. The molecule has 1 heterocycles. The maximum atomic E-state index is 13.8. The van der Waals surface area contributed by atoms with Crippen LogP contribution >= 0.6 is 11.6 Å². The number of hydrogen-bond acceptors (Lipinski definition) is 3. The van der Waals surface area contributed by atoms with Crippen molar-refractivity contribution in [1.82, 2.24) is 5.32 Å². The van der Waals surface area contributed by atoms with Crippen molar-refractivity contribution >= 4 is 27.3 Å². The number of amides is 1. The normalized spacial score (nSPS) is 19.0. The molecule has 7 heteroatoms. The lowest BCUT2D eigenvalue weighted by atomic mass is 10.0. The maximum absolute atomic E-state index is 13.8. The van der Waals surface area contributed by atoms with Crippen LogP contribution in [-0.4, -0.2) is 20.1 Å². The third-order valence-corrected chi connectivity index (χ3v) is 5.84. The molecule has 120 valence electrons. The summed E-state index contributed by atoms with van der Waals surface area (Å²) in [4.78, 5) is 12.5. The molecule has 0 fully saturated rings. The summed E-state index contributed by atoms with van der Waals surface area (Å²) in [5.41, 5.74) is 0.404. The van der Waals surface area contributed by atoms with Crippen LogP contribution in [-0.2, 0) is 9.84 Å². The zero-order chi connectivity index (χ0) is 16.6. The predicted molar refractivity (Wildman–Crippen MR) is 84.7 cm³/mol. The van der Waals surface area contributed by atoms with Gasteiger partial charge in [-0.25, -0.2) is 12.8 Å². The van der Waals surface area contributed by atoms with Gasteiger partial charge in [-0.05, 0) is 36.2 Å². The first-order chi connectivity index (χ1) is 10.9. The predicted octanol–water partition coefficient (Wildman–Crippen LogP) is 3.13. The van der Waals surface area contributed by atoms with Crippen molar-refractivity contribution in [2.75, 3.05) is 5.75 Å². The fourth-order valence-corrected chi connectivity index (χ4v) is 4.43. The summed E-state index contributed by atoms with van der Waals surface area (Å²) >= 11 is 5.67. The Morgan fingerprint density at radius 3 is 2.70 bits per heavy atom. The molecule has 1 N–H and O–H groups in total. The second-order valence-corrected chi connectivity index (χ2v) is 7.81. The quantitative estimate of drug-likeness (QED) is 0.902. The molecular weight excluding hydrogens is 341 g/mol. The smallest absolute Gasteiger partial charge is 0.254 e. The SMILES string of the molecule is O=C(NC1CCS(=O)(=O)c2ccccc21)c1ccc(Cl)cc1F. The Morgan fingerprint density at radius 1 is 1.22 bits per heavy atom. The van der Waals surface area contributed by atoms with Gasteiger partial charge in [0.05, 0.1) is 22.3 Å². The number of benzene rings is 2. The Kier molecular flexibility index (Phi) is 4.12. The van der Waals surface area contributed by atoms with Crippen molar-refractivity contribution in [1.29, 1.82) is 0 Å². The summed E-state index contributed by atoms with van der Waals surface area (Å²) in [7, 11) is -3.33. The highest BCUT2D eigenvalue weighted by atomic mass is 35.5. The van der Waals surface area contributed by atoms with Crippen molar-refractivity contribution in [2.45, 2.75) is 17.4 Å². The zero-order valence-electron chi connectivity index (χ0n) is 11.9. The monoisotopic (exact) mass is 353 g/mol. The van der Waals surface area contributed by atoms with Crippen molar-refractivity contribution in [3.8, 4) is 0 Å². The van der Waals surface area contributed by atoms with Gasteiger partial charge in [-0.1, -0.05) is 29.8 Å². The van der Waals surface area contributed by atoms with E-state index in [1.807, 2.05) is 0 Å². The molecule has 1 amide bonds. The highest BCUT2D eigenvalue weighted by molar-refractivity contribution is 7.91. The van der Waals surface area contributed by atoms with E-state index in [4.69, 9.17) is 11.6 Å². The second-order valence-electron chi connectivity index (χ2n) is 5.30. The molecule has 0 spiro atoms. The lowest BCUT2D eigenvalue weighted by Gasteiger charge is -2.26. The summed E-state index contributed by atoms with van der Waals surface area (Å²) < 4.78 is 38.0. The molecule has 0 saturated heterocycles. The number of halogens is 2. The van der Waals surface area contributed by atoms with Crippen molar-refractivity contribution in [3.63, 3.8) is 0 Å². The van der Waals surface area contributed by atoms with E-state index in [9.17, 15) is 17.6 Å². The van der Waals surface area contributed by atoms with Crippen LogP contribution in [0.4, 0.5) is 4.39 Å². The second kappa shape index (κ2) is 5.94. The Morgan fingerprint density at radius 2 is 1.96 bits per heavy atom. The Bertz CT molecular complexity index is 883. The van der Waals surface area contributed by atoms with Gasteiger partial charge in [0.1, 0.15) is 5.82 Å². The number of nitrogens with one attached hydrogen (secondary N) is 1. The molecule has 4 nitrogen and oxygen atoms in total. The minimum atomic E-state index is -3.33. The van der Waals surface area contributed by atoms with E-state index in [0.29, 0.717) is 5.56 Å². The van der Waals surface area contributed by atoms with Crippen LogP contribution in [0.15, 0.2) is 47.4 Å². The number of sulfone groups is 1. The van der Waals surface area contributed by atoms with Gasteiger partial charge in [0.2, 0.25) is 0 Å². The first kappa shape index (κ1) is 16.0. The van der Waals surface area contributed by atoms with Gasteiger partial charge in [0.25, 0.3) is 5.91 Å². The Labute approximate surface area is 138 Å². The molecule has 1 aliphatic heterocycles. The summed E-state index contributed by atoms with van der Waals surface area (Å²) in [5, 5.41) is 2.90. The van der Waals surface area contributed by atoms with Crippen molar-refractivity contribution < 1.29 is 17.6 Å². The molecule has 2 aromatic rings. The number of rotatable bonds is 2. The average Bonchev–Trinajstić information content (AvgIpc) is 2.50.